The maximum Gasteiger partial charge on any atom is 0.210 e. The molecular formula is C19H16BrN5S2. The van der Waals surface area contributed by atoms with Crippen LogP contribution in [0.25, 0.3) is 11.4 Å². The third-order valence-corrected chi connectivity index (χ3v) is 6.49. The number of nitrogens with zero attached hydrogens (tertiary/aromatic N) is 4. The van der Waals surface area contributed by atoms with Crippen molar-refractivity contribution >= 4 is 39.0 Å². The number of hydrogen-bond acceptors (Lipinski definition) is 6. The maximum absolute atomic E-state index is 6.21. The highest BCUT2D eigenvalue weighted by Gasteiger charge is 2.15. The Balaban J connectivity index is 1.43. The summed E-state index contributed by atoms with van der Waals surface area (Å²) in [6.07, 6.45) is 0.857. The van der Waals surface area contributed by atoms with Gasteiger partial charge in [-0.1, -0.05) is 70.2 Å². The van der Waals surface area contributed by atoms with Gasteiger partial charge in [-0.25, -0.2) is 9.66 Å². The Bertz CT molecular complexity index is 1050. The second-order valence-electron chi connectivity index (χ2n) is 5.84. The molecule has 2 heterocycles. The van der Waals surface area contributed by atoms with Gasteiger partial charge in [0, 0.05) is 27.6 Å². The molecule has 0 aliphatic heterocycles. The predicted octanol–water partition coefficient (Wildman–Crippen LogP) is 4.76. The molecule has 136 valence electrons. The summed E-state index contributed by atoms with van der Waals surface area (Å²) < 4.78 is 2.47. The lowest BCUT2D eigenvalue weighted by atomic mass is 10.2. The van der Waals surface area contributed by atoms with Crippen LogP contribution in [-0.2, 0) is 12.2 Å². The normalized spacial score (nSPS) is 11.0. The molecule has 5 nitrogen and oxygen atoms in total. The minimum Gasteiger partial charge on any atom is -0.335 e. The second kappa shape index (κ2) is 8.24. The highest BCUT2D eigenvalue weighted by Crippen LogP contribution is 2.29. The molecule has 2 aromatic heterocycles. The van der Waals surface area contributed by atoms with Crippen molar-refractivity contribution in [3.63, 3.8) is 0 Å². The molecule has 0 atom stereocenters. The molecule has 4 rings (SSSR count). The molecule has 0 aliphatic carbocycles. The smallest absolute Gasteiger partial charge is 0.210 e. The van der Waals surface area contributed by atoms with E-state index < -0.39 is 0 Å². The van der Waals surface area contributed by atoms with Gasteiger partial charge in [0.25, 0.3) is 0 Å². The van der Waals surface area contributed by atoms with E-state index in [0.717, 1.165) is 27.2 Å². The molecule has 0 radical (unpaired) electrons. The number of halogens is 1. The number of thiazole rings is 1. The van der Waals surface area contributed by atoms with Crippen molar-refractivity contribution in [3.8, 4) is 11.4 Å². The van der Waals surface area contributed by atoms with E-state index >= 15 is 0 Å². The molecule has 0 spiro atoms. The first-order chi connectivity index (χ1) is 13.2. The zero-order chi connectivity index (χ0) is 18.6. The second-order valence-corrected chi connectivity index (χ2v) is 8.58. The van der Waals surface area contributed by atoms with Crippen molar-refractivity contribution in [3.05, 3.63) is 80.7 Å². The van der Waals surface area contributed by atoms with E-state index in [2.05, 4.69) is 55.8 Å². The molecule has 8 heteroatoms. The number of nitrogen functional groups attached to an aromatic ring is 1. The zero-order valence-corrected chi connectivity index (χ0v) is 17.5. The van der Waals surface area contributed by atoms with Gasteiger partial charge in [0.05, 0.1) is 10.7 Å². The quantitative estimate of drug-likeness (QED) is 0.333. The molecule has 0 amide bonds. The third kappa shape index (κ3) is 4.23. The minimum absolute atomic E-state index is 0.632. The molecule has 0 aliphatic rings. The molecular weight excluding hydrogens is 442 g/mol. The van der Waals surface area contributed by atoms with Crippen LogP contribution in [0, 0.1) is 0 Å². The molecule has 0 bridgehead atoms. The SMILES string of the molecule is Nn1c(SCc2csc(Cc3ccccc3)n2)nnc1-c1ccccc1Br. The highest BCUT2D eigenvalue weighted by molar-refractivity contribution is 9.10. The number of benzene rings is 2. The summed E-state index contributed by atoms with van der Waals surface area (Å²) in [5.41, 5.74) is 3.21. The summed E-state index contributed by atoms with van der Waals surface area (Å²) in [6.45, 7) is 0. The Labute approximate surface area is 173 Å². The standard InChI is InChI=1S/C19H16BrN5S2/c20-16-9-5-4-8-15(16)18-23-24-19(25(18)21)27-12-14-11-26-17(22-14)10-13-6-2-1-3-7-13/h1-9,11H,10,12,21H2. The summed E-state index contributed by atoms with van der Waals surface area (Å²) in [7, 11) is 0. The van der Waals surface area contributed by atoms with Crippen LogP contribution in [-0.4, -0.2) is 19.9 Å². The first-order valence-electron chi connectivity index (χ1n) is 8.26. The molecule has 2 aromatic carbocycles. The summed E-state index contributed by atoms with van der Waals surface area (Å²) in [5, 5.41) is 12.3. The van der Waals surface area contributed by atoms with Gasteiger partial charge in [-0.15, -0.1) is 21.5 Å². The van der Waals surface area contributed by atoms with Crippen LogP contribution in [0.2, 0.25) is 0 Å². The molecule has 0 fully saturated rings. The van der Waals surface area contributed by atoms with E-state index in [9.17, 15) is 0 Å². The van der Waals surface area contributed by atoms with Crippen molar-refractivity contribution in [1.29, 1.82) is 0 Å². The number of thioether (sulfide) groups is 1. The van der Waals surface area contributed by atoms with Crippen molar-refractivity contribution in [2.75, 3.05) is 5.84 Å². The van der Waals surface area contributed by atoms with Crippen molar-refractivity contribution in [1.82, 2.24) is 19.9 Å². The van der Waals surface area contributed by atoms with Crippen molar-refractivity contribution in [2.45, 2.75) is 17.3 Å². The Morgan fingerprint density at radius 1 is 1.04 bits per heavy atom. The van der Waals surface area contributed by atoms with E-state index in [1.807, 2.05) is 30.3 Å². The average molecular weight is 458 g/mol. The Morgan fingerprint density at radius 2 is 1.81 bits per heavy atom. The van der Waals surface area contributed by atoms with Gasteiger partial charge in [0.1, 0.15) is 0 Å². The Hall–Kier alpha value is -2.16. The van der Waals surface area contributed by atoms with Crippen LogP contribution in [0.4, 0.5) is 0 Å². The lowest BCUT2D eigenvalue weighted by Gasteiger charge is -2.04. The molecule has 0 saturated heterocycles. The van der Waals surface area contributed by atoms with Gasteiger partial charge in [-0.2, -0.15) is 0 Å². The van der Waals surface area contributed by atoms with Gasteiger partial charge < -0.3 is 5.84 Å². The van der Waals surface area contributed by atoms with Crippen LogP contribution in [0.3, 0.4) is 0 Å². The van der Waals surface area contributed by atoms with Crippen molar-refractivity contribution in [2.24, 2.45) is 0 Å². The fraction of sp³-hybridized carbons (Fsp3) is 0.105. The molecule has 0 saturated carbocycles. The largest absolute Gasteiger partial charge is 0.335 e. The van der Waals surface area contributed by atoms with Gasteiger partial charge in [0.15, 0.2) is 5.82 Å². The summed E-state index contributed by atoms with van der Waals surface area (Å²) in [6, 6.07) is 18.2. The molecule has 2 N–H and O–H groups in total. The monoisotopic (exact) mass is 457 g/mol. The van der Waals surface area contributed by atoms with Crippen LogP contribution in [0.5, 0.6) is 0 Å². The minimum atomic E-state index is 0.632. The first kappa shape index (κ1) is 18.2. The fourth-order valence-electron chi connectivity index (χ4n) is 2.61. The molecule has 27 heavy (non-hydrogen) atoms. The van der Waals surface area contributed by atoms with Gasteiger partial charge in [0.2, 0.25) is 5.16 Å². The fourth-order valence-corrected chi connectivity index (χ4v) is 4.75. The summed E-state index contributed by atoms with van der Waals surface area (Å²) in [4.78, 5) is 4.72. The van der Waals surface area contributed by atoms with Gasteiger partial charge in [-0.05, 0) is 17.7 Å². The average Bonchev–Trinajstić information content (AvgIpc) is 3.28. The number of hydrogen-bond donors (Lipinski definition) is 1. The predicted molar refractivity (Wildman–Crippen MR) is 114 cm³/mol. The van der Waals surface area contributed by atoms with Crippen LogP contribution >= 0.6 is 39.0 Å². The highest BCUT2D eigenvalue weighted by atomic mass is 79.9. The molecule has 4 aromatic rings. The third-order valence-electron chi connectivity index (χ3n) is 3.93. The summed E-state index contributed by atoms with van der Waals surface area (Å²) in [5.74, 6) is 7.55. The van der Waals surface area contributed by atoms with E-state index in [4.69, 9.17) is 10.8 Å². The van der Waals surface area contributed by atoms with Crippen LogP contribution in [0.15, 0.2) is 69.6 Å². The first-order valence-corrected chi connectivity index (χ1v) is 10.9. The number of nitrogens with two attached hydrogens (primary N) is 1. The van der Waals surface area contributed by atoms with E-state index in [-0.39, 0.29) is 0 Å². The topological polar surface area (TPSA) is 69.6 Å². The van der Waals surface area contributed by atoms with E-state index in [1.165, 1.54) is 22.0 Å². The van der Waals surface area contributed by atoms with Crippen molar-refractivity contribution < 1.29 is 0 Å². The van der Waals surface area contributed by atoms with Gasteiger partial charge >= 0.3 is 0 Å². The lowest BCUT2D eigenvalue weighted by Crippen LogP contribution is -2.11. The number of aromatic nitrogens is 4. The van der Waals surface area contributed by atoms with E-state index in [0.29, 0.717) is 16.7 Å². The van der Waals surface area contributed by atoms with Gasteiger partial charge in [-0.3, -0.25) is 0 Å². The van der Waals surface area contributed by atoms with Crippen LogP contribution in [0.1, 0.15) is 16.3 Å². The zero-order valence-electron chi connectivity index (χ0n) is 14.2. The Morgan fingerprint density at radius 3 is 2.63 bits per heavy atom. The van der Waals surface area contributed by atoms with E-state index in [1.54, 1.807) is 11.3 Å². The maximum atomic E-state index is 6.21. The van der Waals surface area contributed by atoms with Crippen LogP contribution < -0.4 is 5.84 Å². The summed E-state index contributed by atoms with van der Waals surface area (Å²) >= 11 is 6.75. The molecule has 0 unspecified atom stereocenters. The Kier molecular flexibility index (Phi) is 5.56. The number of rotatable bonds is 6. The lowest BCUT2D eigenvalue weighted by molar-refractivity contribution is 0.849.